The van der Waals surface area contributed by atoms with E-state index in [2.05, 4.69) is 30.7 Å². The molecule has 1 aromatic rings. The van der Waals surface area contributed by atoms with Crippen LogP contribution in [0.4, 0.5) is 17.3 Å². The van der Waals surface area contributed by atoms with E-state index in [1.165, 1.54) is 6.07 Å². The number of piperidine rings is 1. The van der Waals surface area contributed by atoms with Crippen LogP contribution in [0.2, 0.25) is 0 Å². The van der Waals surface area contributed by atoms with E-state index in [0.29, 0.717) is 11.3 Å². The fraction of sp³-hybridized carbons (Fsp3) is 0.643. The van der Waals surface area contributed by atoms with E-state index in [1.54, 1.807) is 6.07 Å². The van der Waals surface area contributed by atoms with Gasteiger partial charge in [0.2, 0.25) is 5.82 Å². The number of nitrogen functional groups attached to an aromatic ring is 1. The number of rotatable bonds is 2. The summed E-state index contributed by atoms with van der Waals surface area (Å²) in [6.07, 6.45) is 2.23. The summed E-state index contributed by atoms with van der Waals surface area (Å²) in [6.45, 7) is 8.67. The molecule has 6 heteroatoms. The number of hydrogen-bond donors (Lipinski definition) is 1. The highest BCUT2D eigenvalue weighted by atomic mass is 16.6. The Balaban J connectivity index is 2.08. The molecule has 0 bridgehead atoms. The molecule has 1 aliphatic heterocycles. The van der Waals surface area contributed by atoms with Crippen molar-refractivity contribution in [2.24, 2.45) is 11.3 Å². The number of nitrogens with two attached hydrogens (primary N) is 1. The summed E-state index contributed by atoms with van der Waals surface area (Å²) >= 11 is 0. The Morgan fingerprint density at radius 1 is 1.35 bits per heavy atom. The fourth-order valence-corrected chi connectivity index (χ4v) is 2.76. The lowest BCUT2D eigenvalue weighted by atomic mass is 9.75. The molecular formula is C14H22N4O2. The van der Waals surface area contributed by atoms with Gasteiger partial charge in [-0.15, -0.1) is 0 Å². The van der Waals surface area contributed by atoms with Crippen molar-refractivity contribution in [3.63, 3.8) is 0 Å². The molecule has 1 saturated heterocycles. The second-order valence-corrected chi connectivity index (χ2v) is 6.46. The maximum atomic E-state index is 10.7. The molecule has 0 unspecified atom stereocenters. The highest BCUT2D eigenvalue weighted by Gasteiger charge is 2.29. The second-order valence-electron chi connectivity index (χ2n) is 6.46. The quantitative estimate of drug-likeness (QED) is 0.664. The van der Waals surface area contributed by atoms with Crippen molar-refractivity contribution in [3.8, 4) is 0 Å². The minimum atomic E-state index is -0.502. The highest BCUT2D eigenvalue weighted by Crippen LogP contribution is 2.35. The lowest BCUT2D eigenvalue weighted by Crippen LogP contribution is -2.38. The van der Waals surface area contributed by atoms with Crippen molar-refractivity contribution in [2.75, 3.05) is 23.7 Å². The number of nitro groups is 1. The normalized spacial score (nSPS) is 17.2. The molecule has 0 aliphatic carbocycles. The monoisotopic (exact) mass is 278 g/mol. The summed E-state index contributed by atoms with van der Waals surface area (Å²) < 4.78 is 0. The molecule has 2 N–H and O–H groups in total. The van der Waals surface area contributed by atoms with Crippen molar-refractivity contribution < 1.29 is 4.92 Å². The molecule has 0 amide bonds. The van der Waals surface area contributed by atoms with Gasteiger partial charge in [0.05, 0.1) is 4.92 Å². The predicted octanol–water partition coefficient (Wildman–Crippen LogP) is 2.83. The summed E-state index contributed by atoms with van der Waals surface area (Å²) in [6, 6.07) is 3.12. The Hall–Kier alpha value is -1.85. The van der Waals surface area contributed by atoms with Crippen molar-refractivity contribution in [3.05, 3.63) is 22.2 Å². The first-order valence-electron chi connectivity index (χ1n) is 6.95. The Labute approximate surface area is 119 Å². The molecule has 1 aromatic heterocycles. The van der Waals surface area contributed by atoms with Crippen LogP contribution in [-0.4, -0.2) is 23.0 Å². The van der Waals surface area contributed by atoms with Crippen LogP contribution in [0.25, 0.3) is 0 Å². The number of pyridine rings is 1. The van der Waals surface area contributed by atoms with Gasteiger partial charge in [0.15, 0.2) is 0 Å². The Morgan fingerprint density at radius 3 is 2.40 bits per heavy atom. The van der Waals surface area contributed by atoms with E-state index in [1.807, 2.05) is 0 Å². The minimum absolute atomic E-state index is 0.00885. The molecule has 0 spiro atoms. The Kier molecular flexibility index (Phi) is 3.83. The van der Waals surface area contributed by atoms with Gasteiger partial charge in [-0.3, -0.25) is 10.1 Å². The third kappa shape index (κ3) is 3.00. The number of hydrogen-bond acceptors (Lipinski definition) is 5. The van der Waals surface area contributed by atoms with Gasteiger partial charge in [-0.05, 0) is 30.2 Å². The van der Waals surface area contributed by atoms with E-state index in [-0.39, 0.29) is 11.5 Å². The summed E-state index contributed by atoms with van der Waals surface area (Å²) in [7, 11) is 0. The van der Waals surface area contributed by atoms with E-state index in [9.17, 15) is 10.1 Å². The average Bonchev–Trinajstić information content (AvgIpc) is 2.37. The summed E-state index contributed by atoms with van der Waals surface area (Å²) in [4.78, 5) is 16.6. The van der Waals surface area contributed by atoms with Crippen molar-refractivity contribution in [2.45, 2.75) is 33.6 Å². The van der Waals surface area contributed by atoms with Gasteiger partial charge in [0.25, 0.3) is 0 Å². The molecule has 0 atom stereocenters. The van der Waals surface area contributed by atoms with Gasteiger partial charge in [-0.2, -0.15) is 0 Å². The maximum absolute atomic E-state index is 10.7. The average molecular weight is 278 g/mol. The third-order valence-electron chi connectivity index (χ3n) is 4.13. The molecule has 1 aliphatic rings. The standard InChI is InChI=1S/C14H22N4O2/c1-14(2,3)10-6-8-17(9-7-10)12-5-4-11(18(19)20)13(15)16-12/h4-5,10H,6-9H2,1-3H3,(H2,15,16). The summed E-state index contributed by atoms with van der Waals surface area (Å²) in [5.74, 6) is 1.43. The smallest absolute Gasteiger partial charge is 0.311 e. The maximum Gasteiger partial charge on any atom is 0.311 e. The van der Waals surface area contributed by atoms with Gasteiger partial charge in [-0.25, -0.2) is 4.98 Å². The largest absolute Gasteiger partial charge is 0.378 e. The minimum Gasteiger partial charge on any atom is -0.378 e. The molecule has 2 rings (SSSR count). The molecule has 0 saturated carbocycles. The SMILES string of the molecule is CC(C)(C)C1CCN(c2ccc([N+](=O)[O-])c(N)n2)CC1. The van der Waals surface area contributed by atoms with E-state index < -0.39 is 4.92 Å². The van der Waals surface area contributed by atoms with Gasteiger partial charge in [0, 0.05) is 19.2 Å². The molecule has 6 nitrogen and oxygen atoms in total. The topological polar surface area (TPSA) is 85.3 Å². The lowest BCUT2D eigenvalue weighted by molar-refractivity contribution is -0.384. The van der Waals surface area contributed by atoms with Crippen LogP contribution in [0, 0.1) is 21.4 Å². The van der Waals surface area contributed by atoms with Crippen LogP contribution in [0.1, 0.15) is 33.6 Å². The molecule has 0 radical (unpaired) electrons. The van der Waals surface area contributed by atoms with Gasteiger partial charge in [-0.1, -0.05) is 20.8 Å². The summed E-state index contributed by atoms with van der Waals surface area (Å²) in [5, 5.41) is 10.7. The molecule has 20 heavy (non-hydrogen) atoms. The van der Waals surface area contributed by atoms with Gasteiger partial charge >= 0.3 is 5.69 Å². The predicted molar refractivity (Wildman–Crippen MR) is 79.7 cm³/mol. The van der Waals surface area contributed by atoms with E-state index in [4.69, 9.17) is 5.73 Å². The van der Waals surface area contributed by atoms with Crippen LogP contribution in [0.3, 0.4) is 0 Å². The number of nitrogens with zero attached hydrogens (tertiary/aromatic N) is 3. The Morgan fingerprint density at radius 2 is 1.95 bits per heavy atom. The third-order valence-corrected chi connectivity index (χ3v) is 4.13. The van der Waals surface area contributed by atoms with Crippen molar-refractivity contribution >= 4 is 17.3 Å². The van der Waals surface area contributed by atoms with Crippen LogP contribution in [0.5, 0.6) is 0 Å². The number of aromatic nitrogens is 1. The zero-order valence-electron chi connectivity index (χ0n) is 12.3. The molecule has 110 valence electrons. The zero-order chi connectivity index (χ0) is 14.9. The molecule has 2 heterocycles. The highest BCUT2D eigenvalue weighted by molar-refractivity contribution is 5.58. The molecule has 0 aromatic carbocycles. The molecule has 1 fully saturated rings. The van der Waals surface area contributed by atoms with Crippen molar-refractivity contribution in [1.29, 1.82) is 0 Å². The zero-order valence-corrected chi connectivity index (χ0v) is 12.3. The summed E-state index contributed by atoms with van der Waals surface area (Å²) in [5.41, 5.74) is 5.85. The first-order valence-corrected chi connectivity index (χ1v) is 6.95. The van der Waals surface area contributed by atoms with E-state index in [0.717, 1.165) is 31.7 Å². The van der Waals surface area contributed by atoms with Gasteiger partial charge < -0.3 is 10.6 Å². The lowest BCUT2D eigenvalue weighted by Gasteiger charge is -2.39. The van der Waals surface area contributed by atoms with Gasteiger partial charge in [0.1, 0.15) is 5.82 Å². The first-order chi connectivity index (χ1) is 9.29. The first kappa shape index (κ1) is 14.6. The second kappa shape index (κ2) is 5.26. The van der Waals surface area contributed by atoms with Crippen LogP contribution in [0.15, 0.2) is 12.1 Å². The van der Waals surface area contributed by atoms with Crippen molar-refractivity contribution in [1.82, 2.24) is 4.98 Å². The van der Waals surface area contributed by atoms with Crippen LogP contribution < -0.4 is 10.6 Å². The Bertz CT molecular complexity index is 502. The van der Waals surface area contributed by atoms with Crippen LogP contribution >= 0.6 is 0 Å². The molecular weight excluding hydrogens is 256 g/mol. The van der Waals surface area contributed by atoms with Crippen LogP contribution in [-0.2, 0) is 0 Å². The number of anilines is 2. The van der Waals surface area contributed by atoms with E-state index >= 15 is 0 Å². The fourth-order valence-electron chi connectivity index (χ4n) is 2.76.